The first-order valence-electron chi connectivity index (χ1n) is 10.7. The average Bonchev–Trinajstić information content (AvgIpc) is 3.53. The van der Waals surface area contributed by atoms with Gasteiger partial charge < -0.3 is 4.74 Å². The van der Waals surface area contributed by atoms with Crippen molar-refractivity contribution in [2.75, 3.05) is 12.4 Å². The third kappa shape index (κ3) is 4.03. The Morgan fingerprint density at radius 1 is 1.16 bits per heavy atom. The van der Waals surface area contributed by atoms with Gasteiger partial charge in [0.15, 0.2) is 17.4 Å². The van der Waals surface area contributed by atoms with Crippen molar-refractivity contribution >= 4 is 22.4 Å². The van der Waals surface area contributed by atoms with Crippen LogP contribution in [0.2, 0.25) is 0 Å². The van der Waals surface area contributed by atoms with Crippen molar-refractivity contribution in [3.05, 3.63) is 71.5 Å². The van der Waals surface area contributed by atoms with Crippen molar-refractivity contribution in [2.45, 2.75) is 32.9 Å². The highest BCUT2D eigenvalue weighted by atomic mass is 32.1. The summed E-state index contributed by atoms with van der Waals surface area (Å²) in [6.07, 6.45) is 4.14. The van der Waals surface area contributed by atoms with E-state index in [2.05, 4.69) is 69.0 Å². The smallest absolute Gasteiger partial charge is 0.268 e. The molecule has 0 aliphatic carbocycles. The Hall–Kier alpha value is -3.45. The average molecular weight is 446 g/mol. The zero-order valence-electron chi connectivity index (χ0n) is 18.2. The van der Waals surface area contributed by atoms with E-state index in [0.717, 1.165) is 47.7 Å². The van der Waals surface area contributed by atoms with E-state index in [1.807, 2.05) is 17.5 Å². The number of methoxy groups -OCH3 is 1. The highest BCUT2D eigenvalue weighted by Gasteiger charge is 2.29. The number of fused-ring (bicyclic) bond motifs is 1. The summed E-state index contributed by atoms with van der Waals surface area (Å²) >= 11 is 1.45. The number of carbonyl (C=O) groups excluding carboxylic acids is 1. The van der Waals surface area contributed by atoms with Crippen molar-refractivity contribution in [2.24, 2.45) is 0 Å². The SMILES string of the molecule is COc1ccc(-c2c[n+](CC(=O)Nc3nc(-c4ccc(C)cc4)cs3)c3n2CCC3)cc1. The predicted octanol–water partition coefficient (Wildman–Crippen LogP) is 4.47. The highest BCUT2D eigenvalue weighted by molar-refractivity contribution is 7.14. The van der Waals surface area contributed by atoms with Crippen LogP contribution < -0.4 is 14.6 Å². The van der Waals surface area contributed by atoms with E-state index in [4.69, 9.17) is 4.74 Å². The molecule has 2 aromatic carbocycles. The van der Waals surface area contributed by atoms with Gasteiger partial charge in [-0.2, -0.15) is 0 Å². The van der Waals surface area contributed by atoms with Crippen LogP contribution in [-0.4, -0.2) is 22.6 Å². The van der Waals surface area contributed by atoms with Crippen LogP contribution in [0.3, 0.4) is 0 Å². The molecule has 0 fully saturated rings. The third-order valence-electron chi connectivity index (χ3n) is 5.79. The molecule has 0 saturated heterocycles. The van der Waals surface area contributed by atoms with E-state index in [0.29, 0.717) is 5.13 Å². The van der Waals surface area contributed by atoms with Crippen molar-refractivity contribution in [1.29, 1.82) is 0 Å². The molecule has 0 radical (unpaired) electrons. The molecule has 6 nitrogen and oxygen atoms in total. The molecule has 1 N–H and O–H groups in total. The van der Waals surface area contributed by atoms with E-state index in [9.17, 15) is 4.79 Å². The van der Waals surface area contributed by atoms with E-state index >= 15 is 0 Å². The van der Waals surface area contributed by atoms with Crippen LogP contribution >= 0.6 is 11.3 Å². The molecule has 0 spiro atoms. The molecule has 1 amide bonds. The van der Waals surface area contributed by atoms with Crippen LogP contribution in [0.25, 0.3) is 22.5 Å². The fourth-order valence-electron chi connectivity index (χ4n) is 4.14. The number of carbonyl (C=O) groups is 1. The number of hydrogen-bond acceptors (Lipinski definition) is 4. The van der Waals surface area contributed by atoms with E-state index in [1.165, 1.54) is 22.7 Å². The summed E-state index contributed by atoms with van der Waals surface area (Å²) in [5, 5.41) is 5.57. The van der Waals surface area contributed by atoms with Gasteiger partial charge in [-0.3, -0.25) is 10.1 Å². The number of nitrogens with zero attached hydrogens (tertiary/aromatic N) is 3. The van der Waals surface area contributed by atoms with E-state index in [-0.39, 0.29) is 12.5 Å². The van der Waals surface area contributed by atoms with Crippen molar-refractivity contribution in [3.8, 4) is 28.3 Å². The van der Waals surface area contributed by atoms with Crippen LogP contribution in [0.4, 0.5) is 5.13 Å². The lowest BCUT2D eigenvalue weighted by Gasteiger charge is -2.01. The highest BCUT2D eigenvalue weighted by Crippen LogP contribution is 2.27. The molecular weight excluding hydrogens is 420 g/mol. The van der Waals surface area contributed by atoms with Gasteiger partial charge in [0.1, 0.15) is 11.9 Å². The Kier molecular flexibility index (Phi) is 5.49. The molecule has 7 heteroatoms. The molecule has 3 heterocycles. The van der Waals surface area contributed by atoms with E-state index < -0.39 is 0 Å². The van der Waals surface area contributed by atoms with Gasteiger partial charge in [-0.05, 0) is 37.6 Å². The molecule has 0 unspecified atom stereocenters. The monoisotopic (exact) mass is 445 g/mol. The van der Waals surface area contributed by atoms with Crippen molar-refractivity contribution in [1.82, 2.24) is 9.55 Å². The summed E-state index contributed by atoms with van der Waals surface area (Å²) in [6, 6.07) is 16.3. The van der Waals surface area contributed by atoms with Gasteiger partial charge in [0.2, 0.25) is 0 Å². The maximum absolute atomic E-state index is 12.8. The number of ether oxygens (including phenoxy) is 1. The second-order valence-corrected chi connectivity index (χ2v) is 8.85. The summed E-state index contributed by atoms with van der Waals surface area (Å²) in [4.78, 5) is 17.4. The molecule has 5 rings (SSSR count). The van der Waals surface area contributed by atoms with Crippen molar-refractivity contribution < 1.29 is 14.1 Å². The molecule has 4 aromatic rings. The quantitative estimate of drug-likeness (QED) is 0.446. The molecular formula is C25H25N4O2S+. The predicted molar refractivity (Wildman–Crippen MR) is 126 cm³/mol. The first kappa shape index (κ1) is 20.5. The van der Waals surface area contributed by atoms with Gasteiger partial charge in [0, 0.05) is 16.5 Å². The minimum absolute atomic E-state index is 0.0682. The van der Waals surface area contributed by atoms with Gasteiger partial charge in [-0.25, -0.2) is 14.1 Å². The zero-order valence-corrected chi connectivity index (χ0v) is 19.0. The van der Waals surface area contributed by atoms with E-state index in [1.54, 1.807) is 7.11 Å². The van der Waals surface area contributed by atoms with Crippen molar-refractivity contribution in [3.63, 3.8) is 0 Å². The Balaban J connectivity index is 1.32. The number of thiazole rings is 1. The second kappa shape index (κ2) is 8.59. The molecule has 32 heavy (non-hydrogen) atoms. The molecule has 2 aromatic heterocycles. The minimum atomic E-state index is -0.0682. The first-order valence-corrected chi connectivity index (χ1v) is 11.6. The summed E-state index contributed by atoms with van der Waals surface area (Å²) in [5.41, 5.74) is 5.39. The molecule has 1 aliphatic heterocycles. The Morgan fingerprint density at radius 3 is 2.66 bits per heavy atom. The fourth-order valence-corrected chi connectivity index (χ4v) is 4.88. The standard InChI is InChI=1S/C25H24N4O2S/c1-17-5-7-18(8-6-17)21-16-32-25(26-21)27-23(30)15-28-14-22(29-13-3-4-24(28)29)19-9-11-20(31-2)12-10-19/h5-12,14,16H,3-4,13,15H2,1-2H3/p+1. The van der Waals surface area contributed by atoms with Crippen LogP contribution in [0.15, 0.2) is 60.1 Å². The largest absolute Gasteiger partial charge is 0.497 e. The number of imidazole rings is 1. The number of aryl methyl sites for hydroxylation is 1. The number of amides is 1. The molecule has 0 saturated carbocycles. The summed E-state index contributed by atoms with van der Waals surface area (Å²) < 4.78 is 9.66. The lowest BCUT2D eigenvalue weighted by atomic mass is 10.1. The van der Waals surface area contributed by atoms with Crippen LogP contribution in [0.5, 0.6) is 5.75 Å². The number of rotatable bonds is 6. The Morgan fingerprint density at radius 2 is 1.91 bits per heavy atom. The van der Waals surface area contributed by atoms with Gasteiger partial charge in [0.05, 0.1) is 25.8 Å². The number of anilines is 1. The van der Waals surface area contributed by atoms with Crippen LogP contribution in [-0.2, 0) is 24.3 Å². The lowest BCUT2D eigenvalue weighted by molar-refractivity contribution is -0.690. The van der Waals surface area contributed by atoms with Gasteiger partial charge >= 0.3 is 0 Å². The molecule has 1 aliphatic rings. The lowest BCUT2D eigenvalue weighted by Crippen LogP contribution is -2.42. The normalized spacial score (nSPS) is 12.6. The summed E-state index contributed by atoms with van der Waals surface area (Å²) in [7, 11) is 1.67. The summed E-state index contributed by atoms with van der Waals surface area (Å²) in [6.45, 7) is 3.30. The Labute approximate surface area is 191 Å². The third-order valence-corrected chi connectivity index (χ3v) is 6.55. The number of aromatic nitrogens is 3. The first-order chi connectivity index (χ1) is 15.6. The topological polar surface area (TPSA) is 60.0 Å². The number of hydrogen-bond donors (Lipinski definition) is 1. The summed E-state index contributed by atoms with van der Waals surface area (Å²) in [5.74, 6) is 1.95. The molecule has 162 valence electrons. The minimum Gasteiger partial charge on any atom is -0.497 e. The fraction of sp³-hybridized carbons (Fsp3) is 0.240. The van der Waals surface area contributed by atoms with Crippen LogP contribution in [0, 0.1) is 6.92 Å². The van der Waals surface area contributed by atoms with Gasteiger partial charge in [0.25, 0.3) is 11.7 Å². The second-order valence-electron chi connectivity index (χ2n) is 7.99. The van der Waals surface area contributed by atoms with Gasteiger partial charge in [-0.15, -0.1) is 11.3 Å². The zero-order chi connectivity index (χ0) is 22.1. The molecule has 0 bridgehead atoms. The molecule has 0 atom stereocenters. The van der Waals surface area contributed by atoms with Gasteiger partial charge in [-0.1, -0.05) is 29.8 Å². The Bertz CT molecular complexity index is 1260. The number of nitrogens with one attached hydrogen (secondary N) is 1. The maximum atomic E-state index is 12.8. The number of benzene rings is 2. The maximum Gasteiger partial charge on any atom is 0.268 e. The van der Waals surface area contributed by atoms with Crippen LogP contribution in [0.1, 0.15) is 17.8 Å².